The number of nitrogens with zero attached hydrogens (tertiary/aromatic N) is 3. The lowest BCUT2D eigenvalue weighted by atomic mass is 10.4. The van der Waals surface area contributed by atoms with Crippen LogP contribution >= 0.6 is 23.2 Å². The van der Waals surface area contributed by atoms with Crippen LogP contribution in [0, 0.1) is 0 Å². The summed E-state index contributed by atoms with van der Waals surface area (Å²) in [6.45, 7) is 2.75. The summed E-state index contributed by atoms with van der Waals surface area (Å²) in [5, 5.41) is 0.237. The van der Waals surface area contributed by atoms with Gasteiger partial charge in [-0.2, -0.15) is 0 Å². The molecule has 0 saturated heterocycles. The number of hydrogen-bond donors (Lipinski definition) is 1. The Labute approximate surface area is 133 Å². The van der Waals surface area contributed by atoms with Crippen LogP contribution < -0.4 is 4.72 Å². The highest BCUT2D eigenvalue weighted by molar-refractivity contribution is 7.88. The van der Waals surface area contributed by atoms with Gasteiger partial charge in [0.2, 0.25) is 10.0 Å². The van der Waals surface area contributed by atoms with Crippen LogP contribution in [0.15, 0.2) is 12.3 Å². The molecule has 0 aliphatic rings. The Bertz CT molecular complexity index is 743. The van der Waals surface area contributed by atoms with Gasteiger partial charge in [-0.1, -0.05) is 11.6 Å². The maximum Gasteiger partial charge on any atom is 0.208 e. The molecule has 0 spiro atoms. The second-order valence-electron chi connectivity index (χ2n) is 4.75. The molecule has 0 saturated carbocycles. The Kier molecular flexibility index (Phi) is 5.08. The summed E-state index contributed by atoms with van der Waals surface area (Å²) in [6.07, 6.45) is 3.30. The van der Waals surface area contributed by atoms with Crippen molar-refractivity contribution >= 4 is 44.4 Å². The largest absolute Gasteiger partial charge is 0.311 e. The number of pyridine rings is 1. The zero-order valence-electron chi connectivity index (χ0n) is 11.7. The van der Waals surface area contributed by atoms with Crippen molar-refractivity contribution in [3.63, 3.8) is 0 Å². The lowest BCUT2D eigenvalue weighted by Crippen LogP contribution is -2.24. The molecule has 2 aromatic rings. The number of hydrogen-bond acceptors (Lipinski definition) is 4. The van der Waals surface area contributed by atoms with Gasteiger partial charge in [-0.3, -0.25) is 0 Å². The molecule has 0 bridgehead atoms. The van der Waals surface area contributed by atoms with Crippen LogP contribution in [0.1, 0.15) is 24.5 Å². The topological polar surface area (TPSA) is 76.9 Å². The van der Waals surface area contributed by atoms with Crippen LogP contribution in [-0.4, -0.2) is 35.8 Å². The van der Waals surface area contributed by atoms with E-state index in [1.54, 1.807) is 12.3 Å². The fourth-order valence-corrected chi connectivity index (χ4v) is 2.86. The van der Waals surface area contributed by atoms with E-state index >= 15 is 0 Å². The van der Waals surface area contributed by atoms with Crippen molar-refractivity contribution in [2.75, 3.05) is 12.8 Å². The maximum atomic E-state index is 11.0. The summed E-state index contributed by atoms with van der Waals surface area (Å²) in [7, 11) is -3.17. The van der Waals surface area contributed by atoms with Gasteiger partial charge in [0.15, 0.2) is 5.65 Å². The zero-order chi connectivity index (χ0) is 15.6. The summed E-state index contributed by atoms with van der Waals surface area (Å²) < 4.78 is 26.4. The van der Waals surface area contributed by atoms with E-state index in [4.69, 9.17) is 23.2 Å². The van der Waals surface area contributed by atoms with E-state index in [1.807, 2.05) is 11.5 Å². The van der Waals surface area contributed by atoms with Gasteiger partial charge in [0.1, 0.15) is 11.3 Å². The van der Waals surface area contributed by atoms with Crippen molar-refractivity contribution in [3.05, 3.63) is 23.1 Å². The van der Waals surface area contributed by atoms with Gasteiger partial charge in [0.25, 0.3) is 0 Å². The molecule has 2 aromatic heterocycles. The predicted molar refractivity (Wildman–Crippen MR) is 84.3 cm³/mol. The van der Waals surface area contributed by atoms with Crippen LogP contribution in [0.25, 0.3) is 11.2 Å². The van der Waals surface area contributed by atoms with Gasteiger partial charge < -0.3 is 4.57 Å². The van der Waals surface area contributed by atoms with Crippen molar-refractivity contribution in [1.29, 1.82) is 0 Å². The SMILES string of the molecule is CC(Cl)c1nc2cc(Cl)cnc2n1CCCNS(C)(=O)=O. The number of fused-ring (bicyclic) bond motifs is 1. The molecule has 0 radical (unpaired) electrons. The van der Waals surface area contributed by atoms with Gasteiger partial charge in [-0.15, -0.1) is 11.6 Å². The van der Waals surface area contributed by atoms with E-state index in [9.17, 15) is 8.42 Å². The van der Waals surface area contributed by atoms with E-state index in [0.717, 1.165) is 6.26 Å². The molecule has 0 aromatic carbocycles. The van der Waals surface area contributed by atoms with Crippen molar-refractivity contribution in [2.45, 2.75) is 25.3 Å². The van der Waals surface area contributed by atoms with Gasteiger partial charge in [-0.25, -0.2) is 23.1 Å². The molecule has 116 valence electrons. The van der Waals surface area contributed by atoms with Crippen LogP contribution in [0.4, 0.5) is 0 Å². The third-order valence-electron chi connectivity index (χ3n) is 2.86. The summed E-state index contributed by atoms with van der Waals surface area (Å²) in [5.41, 5.74) is 1.38. The molecule has 0 aliphatic carbocycles. The second-order valence-corrected chi connectivity index (χ2v) is 7.68. The van der Waals surface area contributed by atoms with E-state index < -0.39 is 10.0 Å². The summed E-state index contributed by atoms with van der Waals surface area (Å²) >= 11 is 12.1. The Morgan fingerprint density at radius 1 is 1.48 bits per heavy atom. The first-order valence-electron chi connectivity index (χ1n) is 6.38. The number of imidazole rings is 1. The normalized spacial score (nSPS) is 13.7. The predicted octanol–water partition coefficient (Wildman–Crippen LogP) is 2.32. The number of aryl methyl sites for hydroxylation is 1. The molecule has 1 atom stereocenters. The van der Waals surface area contributed by atoms with Gasteiger partial charge in [0, 0.05) is 19.3 Å². The lowest BCUT2D eigenvalue weighted by molar-refractivity contribution is 0.572. The summed E-state index contributed by atoms with van der Waals surface area (Å²) in [6, 6.07) is 1.73. The number of halogens is 2. The average molecular weight is 351 g/mol. The van der Waals surface area contributed by atoms with E-state index in [2.05, 4.69) is 14.7 Å². The fourth-order valence-electron chi connectivity index (χ4n) is 2.02. The highest BCUT2D eigenvalue weighted by Gasteiger charge is 2.16. The highest BCUT2D eigenvalue weighted by atomic mass is 35.5. The van der Waals surface area contributed by atoms with Crippen molar-refractivity contribution in [3.8, 4) is 0 Å². The minimum Gasteiger partial charge on any atom is -0.311 e. The van der Waals surface area contributed by atoms with Crippen LogP contribution in [0.3, 0.4) is 0 Å². The minimum absolute atomic E-state index is 0.277. The molecular weight excluding hydrogens is 335 g/mol. The highest BCUT2D eigenvalue weighted by Crippen LogP contribution is 2.25. The molecule has 0 fully saturated rings. The van der Waals surface area contributed by atoms with Gasteiger partial charge >= 0.3 is 0 Å². The molecule has 0 aliphatic heterocycles. The third kappa shape index (κ3) is 4.29. The van der Waals surface area contributed by atoms with Gasteiger partial charge in [0.05, 0.1) is 16.7 Å². The molecule has 1 unspecified atom stereocenters. The standard InChI is InChI=1S/C12H16Cl2N4O2S/c1-8(13)11-17-10-6-9(14)7-15-12(10)18(11)5-3-4-16-21(2,19)20/h6-8,16H,3-5H2,1-2H3. The average Bonchev–Trinajstić information content (AvgIpc) is 2.71. The van der Waals surface area contributed by atoms with E-state index in [-0.39, 0.29) is 5.38 Å². The molecule has 1 N–H and O–H groups in total. The minimum atomic E-state index is -3.17. The summed E-state index contributed by atoms with van der Waals surface area (Å²) in [4.78, 5) is 8.73. The lowest BCUT2D eigenvalue weighted by Gasteiger charge is -2.10. The number of alkyl halides is 1. The number of aromatic nitrogens is 3. The molecule has 9 heteroatoms. The second kappa shape index (κ2) is 6.48. The molecule has 2 rings (SSSR count). The number of nitrogens with one attached hydrogen (secondary N) is 1. The quantitative estimate of drug-likeness (QED) is 0.640. The number of sulfonamides is 1. The maximum absolute atomic E-state index is 11.0. The zero-order valence-corrected chi connectivity index (χ0v) is 14.0. The first kappa shape index (κ1) is 16.5. The Balaban J connectivity index is 2.22. The molecule has 2 heterocycles. The Morgan fingerprint density at radius 2 is 2.19 bits per heavy atom. The summed E-state index contributed by atoms with van der Waals surface area (Å²) in [5.74, 6) is 0.695. The van der Waals surface area contributed by atoms with Gasteiger partial charge in [-0.05, 0) is 19.4 Å². The smallest absolute Gasteiger partial charge is 0.208 e. The monoisotopic (exact) mass is 350 g/mol. The van der Waals surface area contributed by atoms with Crippen molar-refractivity contribution in [2.24, 2.45) is 0 Å². The first-order valence-corrected chi connectivity index (χ1v) is 9.09. The molecule has 0 amide bonds. The Hall–Kier alpha value is -0.890. The van der Waals surface area contributed by atoms with Crippen LogP contribution in [-0.2, 0) is 16.6 Å². The van der Waals surface area contributed by atoms with Crippen molar-refractivity contribution < 1.29 is 8.42 Å². The third-order valence-corrected chi connectivity index (χ3v) is 3.99. The Morgan fingerprint density at radius 3 is 2.81 bits per heavy atom. The first-order chi connectivity index (χ1) is 9.78. The van der Waals surface area contributed by atoms with Crippen LogP contribution in [0.2, 0.25) is 5.02 Å². The van der Waals surface area contributed by atoms with Crippen molar-refractivity contribution in [1.82, 2.24) is 19.3 Å². The number of rotatable bonds is 6. The van der Waals surface area contributed by atoms with Crippen LogP contribution in [0.5, 0.6) is 0 Å². The molecule has 21 heavy (non-hydrogen) atoms. The fraction of sp³-hybridized carbons (Fsp3) is 0.500. The molecular formula is C12H16Cl2N4O2S. The molecule has 6 nitrogen and oxygen atoms in total. The van der Waals surface area contributed by atoms with E-state index in [0.29, 0.717) is 41.5 Å². The van der Waals surface area contributed by atoms with E-state index in [1.165, 1.54) is 0 Å².